The van der Waals surface area contributed by atoms with E-state index in [4.69, 9.17) is 0 Å². The average molecular weight is 327 g/mol. The van der Waals surface area contributed by atoms with Crippen molar-refractivity contribution in [3.63, 3.8) is 0 Å². The van der Waals surface area contributed by atoms with Crippen LogP contribution >= 0.6 is 0 Å². The van der Waals surface area contributed by atoms with Crippen molar-refractivity contribution in [2.24, 2.45) is 0 Å². The van der Waals surface area contributed by atoms with Gasteiger partial charge in [0, 0.05) is 0 Å². The molecule has 0 aliphatic carbocycles. The maximum absolute atomic E-state index is 10.2. The second-order valence-corrected chi connectivity index (χ2v) is 8.62. The summed E-state index contributed by atoms with van der Waals surface area (Å²) in [7, 11) is 0. The predicted molar refractivity (Wildman–Crippen MR) is 102 cm³/mol. The second kappa shape index (κ2) is 26.4. The molecule has 2 heteroatoms. The van der Waals surface area contributed by atoms with Gasteiger partial charge in [0.05, 0.1) is 0 Å². The Morgan fingerprint density at radius 2 is 0.818 bits per heavy atom. The third-order valence-corrected chi connectivity index (χ3v) is 5.23. The molecule has 0 aromatic rings. The molecule has 132 valence electrons. The molecule has 22 heavy (non-hydrogen) atoms. The Kier molecular flexibility index (Phi) is 29.7. The number of rotatable bonds is 16. The standard InChI is InChI=1S/C16H33O.2C2H5.Al/c1-2-3-4-5-6-7-8-9-10-11-12-13-14-15-16-17;2*1-2;/h2-16H2,1H3;2*1H2,2H3;/q-1;;;+1. The molecule has 0 saturated carbocycles. The number of hydrogen-bond acceptors (Lipinski definition) is 1. The van der Waals surface area contributed by atoms with Crippen molar-refractivity contribution in [3.05, 3.63) is 0 Å². The van der Waals surface area contributed by atoms with Crippen LogP contribution in [-0.2, 0) is 0 Å². The van der Waals surface area contributed by atoms with Gasteiger partial charge < -0.3 is 5.11 Å². The number of unbranched alkanes of at least 4 members (excludes halogenated alkanes) is 13. The molecule has 0 bridgehead atoms. The van der Waals surface area contributed by atoms with Gasteiger partial charge in [0.2, 0.25) is 0 Å². The van der Waals surface area contributed by atoms with Gasteiger partial charge in [0.15, 0.2) is 0 Å². The van der Waals surface area contributed by atoms with E-state index in [0.717, 1.165) is 28.1 Å². The molecule has 1 nitrogen and oxygen atoms in total. The summed E-state index contributed by atoms with van der Waals surface area (Å²) in [6.07, 6.45) is 18.9. The first-order chi connectivity index (χ1) is 10.8. The molecule has 0 unspecified atom stereocenters. The Balaban J connectivity index is 0. The molecule has 0 atom stereocenters. The van der Waals surface area contributed by atoms with E-state index < -0.39 is 0 Å². The fourth-order valence-corrected chi connectivity index (χ4v) is 3.16. The van der Waals surface area contributed by atoms with Gasteiger partial charge in [-0.15, -0.1) is 6.61 Å². The van der Waals surface area contributed by atoms with Crippen LogP contribution in [0.4, 0.5) is 0 Å². The molecule has 0 aliphatic rings. The Morgan fingerprint density at radius 1 is 0.500 bits per heavy atom. The Labute approximate surface area is 148 Å². The Hall–Kier alpha value is 0.492. The summed E-state index contributed by atoms with van der Waals surface area (Å²) < 4.78 is 0. The molecule has 0 aromatic carbocycles. The van der Waals surface area contributed by atoms with Crippen molar-refractivity contribution in [2.45, 2.75) is 121 Å². The normalized spacial score (nSPS) is 10.0. The molecule has 0 N–H and O–H groups in total. The minimum absolute atomic E-state index is 0.123. The van der Waals surface area contributed by atoms with Crippen LogP contribution in [0, 0.1) is 0 Å². The topological polar surface area (TPSA) is 23.1 Å². The van der Waals surface area contributed by atoms with E-state index in [0.29, 0.717) is 0 Å². The van der Waals surface area contributed by atoms with Crippen LogP contribution in [0.15, 0.2) is 0 Å². The summed E-state index contributed by atoms with van der Waals surface area (Å²) >= 11 is 0.815. The molecule has 0 fully saturated rings. The fourth-order valence-electron chi connectivity index (χ4n) is 2.59. The van der Waals surface area contributed by atoms with Gasteiger partial charge >= 0.3 is 39.6 Å². The third kappa shape index (κ3) is 28.6. The maximum atomic E-state index is 10.2. The molecule has 0 rings (SSSR count). The molecule has 0 amide bonds. The van der Waals surface area contributed by atoms with E-state index in [-0.39, 0.29) is 6.61 Å². The van der Waals surface area contributed by atoms with Crippen molar-refractivity contribution in [2.75, 3.05) is 6.61 Å². The molecule has 0 radical (unpaired) electrons. The first-order valence-electron chi connectivity index (χ1n) is 10.2. The van der Waals surface area contributed by atoms with Crippen molar-refractivity contribution in [3.8, 4) is 0 Å². The summed E-state index contributed by atoms with van der Waals surface area (Å²) in [6.45, 7) is 6.90. The van der Waals surface area contributed by atoms with Gasteiger partial charge in [-0.2, -0.15) is 0 Å². The van der Waals surface area contributed by atoms with Gasteiger partial charge in [-0.3, -0.25) is 0 Å². The first kappa shape index (κ1) is 24.7. The van der Waals surface area contributed by atoms with E-state index in [9.17, 15) is 5.11 Å². The zero-order valence-electron chi connectivity index (χ0n) is 16.0. The summed E-state index contributed by atoms with van der Waals surface area (Å²) in [4.78, 5) is 0. The van der Waals surface area contributed by atoms with Gasteiger partial charge in [-0.25, -0.2) is 0 Å². The summed E-state index contributed by atoms with van der Waals surface area (Å²) in [5.41, 5.74) is 0. The van der Waals surface area contributed by atoms with Crippen LogP contribution in [-0.4, -0.2) is 21.8 Å². The monoisotopic (exact) mass is 326 g/mol. The van der Waals surface area contributed by atoms with Crippen LogP contribution in [0.1, 0.15) is 111 Å². The zero-order valence-corrected chi connectivity index (χ0v) is 17.2. The third-order valence-electron chi connectivity index (χ3n) is 4.08. The van der Waals surface area contributed by atoms with Crippen LogP contribution in [0.2, 0.25) is 10.6 Å². The van der Waals surface area contributed by atoms with Gasteiger partial charge in [0.1, 0.15) is 0 Å². The van der Waals surface area contributed by atoms with Gasteiger partial charge in [-0.1, -0.05) is 96.8 Å². The van der Waals surface area contributed by atoms with Crippen LogP contribution in [0.25, 0.3) is 0 Å². The van der Waals surface area contributed by atoms with Gasteiger partial charge in [0.25, 0.3) is 0 Å². The van der Waals surface area contributed by atoms with Crippen LogP contribution in [0.3, 0.4) is 0 Å². The van der Waals surface area contributed by atoms with E-state index in [2.05, 4.69) is 20.8 Å². The van der Waals surface area contributed by atoms with E-state index >= 15 is 0 Å². The summed E-state index contributed by atoms with van der Waals surface area (Å²) in [6, 6.07) is 0. The molecular weight excluding hydrogens is 283 g/mol. The fraction of sp³-hybridized carbons (Fsp3) is 1.00. The Bertz CT molecular complexity index is 146. The Morgan fingerprint density at radius 3 is 1.05 bits per heavy atom. The zero-order chi connectivity index (χ0) is 16.7. The predicted octanol–water partition coefficient (Wildman–Crippen LogP) is 6.40. The van der Waals surface area contributed by atoms with Crippen molar-refractivity contribution in [1.29, 1.82) is 0 Å². The SMILES string of the molecule is CCCCCCCCCCCCCCCC[O-].C[CH2][Al+][CH2]C. The van der Waals surface area contributed by atoms with Crippen molar-refractivity contribution < 1.29 is 5.11 Å². The second-order valence-electron chi connectivity index (χ2n) is 6.41. The molecule has 0 aliphatic heterocycles. The average Bonchev–Trinajstić information content (AvgIpc) is 2.53. The van der Waals surface area contributed by atoms with E-state index in [1.807, 2.05) is 0 Å². The molecule has 0 aromatic heterocycles. The number of hydrogen-bond donors (Lipinski definition) is 0. The molecule has 0 saturated heterocycles. The first-order valence-corrected chi connectivity index (χ1v) is 11.9. The van der Waals surface area contributed by atoms with Gasteiger partial charge in [-0.05, 0) is 0 Å². The molecule has 0 heterocycles. The quantitative estimate of drug-likeness (QED) is 0.238. The van der Waals surface area contributed by atoms with Crippen LogP contribution < -0.4 is 5.11 Å². The van der Waals surface area contributed by atoms with Crippen molar-refractivity contribution in [1.82, 2.24) is 0 Å². The summed E-state index contributed by atoms with van der Waals surface area (Å²) in [5, 5.41) is 13.1. The molecule has 0 spiro atoms. The van der Waals surface area contributed by atoms with E-state index in [1.54, 1.807) is 0 Å². The van der Waals surface area contributed by atoms with Crippen molar-refractivity contribution >= 4 is 15.2 Å². The van der Waals surface area contributed by atoms with Crippen LogP contribution in [0.5, 0.6) is 0 Å². The van der Waals surface area contributed by atoms with E-state index in [1.165, 1.54) is 87.6 Å². The molecular formula is C20H43AlO. The minimum atomic E-state index is 0.123. The summed E-state index contributed by atoms with van der Waals surface area (Å²) in [5.74, 6) is 0.